The molecule has 0 aliphatic heterocycles. The molecule has 0 fully saturated rings. The van der Waals surface area contributed by atoms with Crippen molar-refractivity contribution >= 4 is 22.1 Å². The number of fused-ring (bicyclic) bond motifs is 1. The van der Waals surface area contributed by atoms with Crippen LogP contribution in [-0.2, 0) is 6.54 Å². The Bertz CT molecular complexity index is 664. The van der Waals surface area contributed by atoms with E-state index in [4.69, 9.17) is 0 Å². The summed E-state index contributed by atoms with van der Waals surface area (Å²) in [7, 11) is 0. The van der Waals surface area contributed by atoms with Crippen LogP contribution in [0.2, 0.25) is 0 Å². The minimum absolute atomic E-state index is 0.285. The Hall–Kier alpha value is -1.78. The number of benzene rings is 1. The van der Waals surface area contributed by atoms with Gasteiger partial charge in [0.2, 0.25) is 0 Å². The lowest BCUT2D eigenvalue weighted by molar-refractivity contribution is 0.572. The van der Waals surface area contributed by atoms with Crippen LogP contribution >= 0.6 is 11.3 Å². The molecule has 0 bridgehead atoms. The fraction of sp³-hybridized carbons (Fsp3) is 0.200. The number of hydrogen-bond donors (Lipinski definition) is 1. The topological polar surface area (TPSA) is 37.8 Å². The van der Waals surface area contributed by atoms with Gasteiger partial charge in [0.15, 0.2) is 0 Å². The first-order chi connectivity index (χ1) is 9.33. The summed E-state index contributed by atoms with van der Waals surface area (Å²) < 4.78 is 0. The van der Waals surface area contributed by atoms with Crippen molar-refractivity contribution in [1.82, 2.24) is 15.3 Å². The van der Waals surface area contributed by atoms with E-state index in [2.05, 4.69) is 40.4 Å². The summed E-state index contributed by atoms with van der Waals surface area (Å²) in [5.74, 6) is 0. The average molecular weight is 269 g/mol. The quantitative estimate of drug-likeness (QED) is 0.787. The van der Waals surface area contributed by atoms with Crippen LogP contribution in [0.4, 0.5) is 0 Å². The molecule has 1 N–H and O–H groups in total. The van der Waals surface area contributed by atoms with Gasteiger partial charge in [-0.05, 0) is 30.0 Å². The van der Waals surface area contributed by atoms with Crippen molar-refractivity contribution in [3.8, 4) is 0 Å². The number of pyridine rings is 1. The van der Waals surface area contributed by atoms with Crippen LogP contribution in [0, 0.1) is 0 Å². The monoisotopic (exact) mass is 269 g/mol. The van der Waals surface area contributed by atoms with Crippen LogP contribution in [0.3, 0.4) is 0 Å². The summed E-state index contributed by atoms with van der Waals surface area (Å²) in [6.07, 6.45) is 5.57. The summed E-state index contributed by atoms with van der Waals surface area (Å²) in [5.41, 5.74) is 1.28. The predicted molar refractivity (Wildman–Crippen MR) is 79.1 cm³/mol. The Kier molecular flexibility index (Phi) is 3.53. The van der Waals surface area contributed by atoms with E-state index in [0.29, 0.717) is 0 Å². The molecule has 1 aromatic carbocycles. The van der Waals surface area contributed by atoms with E-state index in [1.807, 2.05) is 30.0 Å². The Morgan fingerprint density at radius 1 is 1.21 bits per heavy atom. The second-order valence-corrected chi connectivity index (χ2v) is 5.46. The fourth-order valence-corrected chi connectivity index (χ4v) is 2.72. The van der Waals surface area contributed by atoms with Crippen molar-refractivity contribution in [2.24, 2.45) is 0 Å². The minimum Gasteiger partial charge on any atom is -0.304 e. The van der Waals surface area contributed by atoms with Crippen LogP contribution in [0.25, 0.3) is 10.8 Å². The van der Waals surface area contributed by atoms with Gasteiger partial charge in [-0.3, -0.25) is 4.98 Å². The maximum atomic E-state index is 4.33. The van der Waals surface area contributed by atoms with Gasteiger partial charge in [-0.25, -0.2) is 4.98 Å². The molecule has 0 aliphatic carbocycles. The summed E-state index contributed by atoms with van der Waals surface area (Å²) in [4.78, 5) is 8.45. The van der Waals surface area contributed by atoms with Gasteiger partial charge in [0.1, 0.15) is 5.01 Å². The van der Waals surface area contributed by atoms with Gasteiger partial charge in [-0.1, -0.05) is 12.1 Å². The summed E-state index contributed by atoms with van der Waals surface area (Å²) in [6.45, 7) is 2.99. The number of nitrogens with zero attached hydrogens (tertiary/aromatic N) is 2. The highest BCUT2D eigenvalue weighted by molar-refractivity contribution is 7.09. The van der Waals surface area contributed by atoms with Crippen molar-refractivity contribution in [3.05, 3.63) is 58.8 Å². The number of hydrogen-bond acceptors (Lipinski definition) is 4. The highest BCUT2D eigenvalue weighted by Gasteiger charge is 2.07. The van der Waals surface area contributed by atoms with Crippen LogP contribution in [-0.4, -0.2) is 9.97 Å². The van der Waals surface area contributed by atoms with Crippen molar-refractivity contribution < 1.29 is 0 Å². The van der Waals surface area contributed by atoms with Crippen molar-refractivity contribution in [2.45, 2.75) is 19.5 Å². The van der Waals surface area contributed by atoms with Gasteiger partial charge in [0.05, 0.1) is 6.04 Å². The smallest absolute Gasteiger partial charge is 0.109 e. The normalized spacial score (nSPS) is 12.7. The molecule has 0 spiro atoms. The van der Waals surface area contributed by atoms with E-state index in [0.717, 1.165) is 11.6 Å². The molecule has 3 rings (SSSR count). The van der Waals surface area contributed by atoms with E-state index >= 15 is 0 Å². The second kappa shape index (κ2) is 5.47. The van der Waals surface area contributed by atoms with E-state index in [-0.39, 0.29) is 6.04 Å². The molecule has 2 aromatic heterocycles. The number of rotatable bonds is 4. The Morgan fingerprint density at radius 2 is 2.16 bits per heavy atom. The molecule has 1 unspecified atom stereocenters. The molecule has 0 radical (unpaired) electrons. The molecule has 0 saturated heterocycles. The molecular formula is C15H15N3S. The minimum atomic E-state index is 0.285. The molecule has 2 heterocycles. The Labute approximate surface area is 116 Å². The summed E-state index contributed by atoms with van der Waals surface area (Å²) in [5, 5.41) is 9.05. The second-order valence-electron chi connectivity index (χ2n) is 4.53. The highest BCUT2D eigenvalue weighted by Crippen LogP contribution is 2.17. The molecule has 0 aliphatic rings. The Morgan fingerprint density at radius 3 is 3.00 bits per heavy atom. The standard InChI is InChI=1S/C15H15N3S/c1-11(15-17-6-7-19-15)18-9-12-2-3-14-10-16-5-4-13(14)8-12/h2-8,10-11,18H,9H2,1H3. The lowest BCUT2D eigenvalue weighted by Crippen LogP contribution is -2.17. The average Bonchev–Trinajstić information content (AvgIpc) is 2.99. The predicted octanol–water partition coefficient (Wildman–Crippen LogP) is 3.54. The van der Waals surface area contributed by atoms with E-state index < -0.39 is 0 Å². The molecule has 3 nitrogen and oxygen atoms in total. The highest BCUT2D eigenvalue weighted by atomic mass is 32.1. The number of aromatic nitrogens is 2. The van der Waals surface area contributed by atoms with Gasteiger partial charge < -0.3 is 5.32 Å². The first kappa shape index (κ1) is 12.3. The third kappa shape index (κ3) is 2.80. The third-order valence-corrected chi connectivity index (χ3v) is 4.10. The van der Waals surface area contributed by atoms with Crippen molar-refractivity contribution in [3.63, 3.8) is 0 Å². The molecule has 0 saturated carbocycles. The molecule has 0 amide bonds. The van der Waals surface area contributed by atoms with Crippen LogP contribution in [0.5, 0.6) is 0 Å². The summed E-state index contributed by atoms with van der Waals surface area (Å²) >= 11 is 1.69. The first-order valence-corrected chi connectivity index (χ1v) is 7.16. The number of thiazole rings is 1. The van der Waals surface area contributed by atoms with Crippen molar-refractivity contribution in [1.29, 1.82) is 0 Å². The van der Waals surface area contributed by atoms with E-state index in [9.17, 15) is 0 Å². The lowest BCUT2D eigenvalue weighted by Gasteiger charge is -2.11. The fourth-order valence-electron chi connectivity index (χ4n) is 2.05. The zero-order valence-corrected chi connectivity index (χ0v) is 11.5. The Balaban J connectivity index is 1.71. The molecule has 1 atom stereocenters. The maximum absolute atomic E-state index is 4.33. The zero-order valence-electron chi connectivity index (χ0n) is 10.7. The van der Waals surface area contributed by atoms with Gasteiger partial charge in [0.25, 0.3) is 0 Å². The van der Waals surface area contributed by atoms with E-state index in [1.165, 1.54) is 16.3 Å². The zero-order chi connectivity index (χ0) is 13.1. The number of nitrogens with one attached hydrogen (secondary N) is 1. The van der Waals surface area contributed by atoms with Crippen LogP contribution in [0.15, 0.2) is 48.2 Å². The molecule has 96 valence electrons. The maximum Gasteiger partial charge on any atom is 0.109 e. The third-order valence-electron chi connectivity index (χ3n) is 3.14. The van der Waals surface area contributed by atoms with Crippen LogP contribution < -0.4 is 5.32 Å². The van der Waals surface area contributed by atoms with Gasteiger partial charge in [-0.15, -0.1) is 11.3 Å². The summed E-state index contributed by atoms with van der Waals surface area (Å²) in [6, 6.07) is 8.80. The van der Waals surface area contributed by atoms with Gasteiger partial charge in [0, 0.05) is 35.9 Å². The SMILES string of the molecule is CC(NCc1ccc2cnccc2c1)c1nccs1. The van der Waals surface area contributed by atoms with Crippen LogP contribution in [0.1, 0.15) is 23.5 Å². The van der Waals surface area contributed by atoms with E-state index in [1.54, 1.807) is 11.3 Å². The largest absolute Gasteiger partial charge is 0.304 e. The lowest BCUT2D eigenvalue weighted by atomic mass is 10.1. The molecular weight excluding hydrogens is 254 g/mol. The van der Waals surface area contributed by atoms with Gasteiger partial charge >= 0.3 is 0 Å². The molecule has 19 heavy (non-hydrogen) atoms. The molecule has 4 heteroatoms. The first-order valence-electron chi connectivity index (χ1n) is 6.28. The molecule has 3 aromatic rings. The van der Waals surface area contributed by atoms with Gasteiger partial charge in [-0.2, -0.15) is 0 Å². The van der Waals surface area contributed by atoms with Crippen molar-refractivity contribution in [2.75, 3.05) is 0 Å².